The Morgan fingerprint density at radius 2 is 2.00 bits per heavy atom. The topological polar surface area (TPSA) is 102 Å². The van der Waals surface area contributed by atoms with Gasteiger partial charge in [0.05, 0.1) is 28.2 Å². The van der Waals surface area contributed by atoms with Crippen LogP contribution in [0.5, 0.6) is 0 Å². The molecule has 0 aliphatic carbocycles. The molecule has 0 saturated carbocycles. The van der Waals surface area contributed by atoms with Gasteiger partial charge in [-0.25, -0.2) is 9.59 Å². The van der Waals surface area contributed by atoms with E-state index in [9.17, 15) is 19.7 Å². The number of carbonyl (C=O) groups excluding carboxylic acids is 2. The number of amides is 2. The summed E-state index contributed by atoms with van der Waals surface area (Å²) in [7, 11) is 1.52. The van der Waals surface area contributed by atoms with Crippen LogP contribution >= 0.6 is 0 Å². The minimum atomic E-state index is -0.943. The van der Waals surface area contributed by atoms with Gasteiger partial charge in [-0.15, -0.1) is 0 Å². The second-order valence-electron chi connectivity index (χ2n) is 5.71. The number of nitrogens with zero attached hydrogens (tertiary/aromatic N) is 2. The molecule has 8 heteroatoms. The fourth-order valence-corrected chi connectivity index (χ4v) is 2.51. The highest BCUT2D eigenvalue weighted by Crippen LogP contribution is 2.35. The predicted octanol–water partition coefficient (Wildman–Crippen LogP) is 2.52. The van der Waals surface area contributed by atoms with Gasteiger partial charge in [-0.2, -0.15) is 0 Å². The van der Waals surface area contributed by atoms with Crippen molar-refractivity contribution in [2.75, 3.05) is 7.05 Å². The van der Waals surface area contributed by atoms with E-state index in [4.69, 9.17) is 4.74 Å². The second-order valence-corrected chi connectivity index (χ2v) is 5.71. The van der Waals surface area contributed by atoms with Gasteiger partial charge >= 0.3 is 12.0 Å². The van der Waals surface area contributed by atoms with Gasteiger partial charge in [-0.05, 0) is 26.8 Å². The molecule has 0 unspecified atom stereocenters. The average Bonchev–Trinajstić information content (AvgIpc) is 2.51. The van der Waals surface area contributed by atoms with Gasteiger partial charge in [0.15, 0.2) is 0 Å². The third-order valence-corrected chi connectivity index (χ3v) is 3.76. The lowest BCUT2D eigenvalue weighted by molar-refractivity contribution is -0.385. The Morgan fingerprint density at radius 1 is 1.38 bits per heavy atom. The Bertz CT molecular complexity index is 726. The molecule has 1 aliphatic rings. The summed E-state index contributed by atoms with van der Waals surface area (Å²) in [6.07, 6.45) is -0.354. The number of allylic oxidation sites excluding steroid dienone is 1. The third-order valence-electron chi connectivity index (χ3n) is 3.76. The number of para-hydroxylation sites is 1. The molecule has 24 heavy (non-hydrogen) atoms. The maximum Gasteiger partial charge on any atom is 0.338 e. The molecule has 0 spiro atoms. The first-order chi connectivity index (χ1) is 11.2. The number of hydrogen-bond acceptors (Lipinski definition) is 5. The maximum atomic E-state index is 12.5. The lowest BCUT2D eigenvalue weighted by Gasteiger charge is -2.33. The van der Waals surface area contributed by atoms with Crippen molar-refractivity contribution in [3.8, 4) is 0 Å². The number of benzene rings is 1. The summed E-state index contributed by atoms with van der Waals surface area (Å²) in [5.41, 5.74) is 0.640. The highest BCUT2D eigenvalue weighted by atomic mass is 16.6. The molecule has 1 aromatic rings. The summed E-state index contributed by atoms with van der Waals surface area (Å²) >= 11 is 0. The Morgan fingerprint density at radius 3 is 2.58 bits per heavy atom. The van der Waals surface area contributed by atoms with E-state index in [1.165, 1.54) is 30.1 Å². The number of hydrogen-bond donors (Lipinski definition) is 1. The van der Waals surface area contributed by atoms with Crippen LogP contribution in [-0.4, -0.2) is 35.0 Å². The number of ether oxygens (including phenoxy) is 1. The minimum absolute atomic E-state index is 0.171. The molecular weight excluding hydrogens is 314 g/mol. The average molecular weight is 333 g/mol. The smallest absolute Gasteiger partial charge is 0.338 e. The van der Waals surface area contributed by atoms with Crippen LogP contribution in [0, 0.1) is 10.1 Å². The Hall–Kier alpha value is -2.90. The summed E-state index contributed by atoms with van der Waals surface area (Å²) in [5, 5.41) is 13.9. The van der Waals surface area contributed by atoms with Crippen molar-refractivity contribution in [1.29, 1.82) is 0 Å². The zero-order valence-electron chi connectivity index (χ0n) is 13.9. The molecule has 0 fully saturated rings. The standard InChI is InChI=1S/C16H19N3O5/c1-9(2)24-15(20)13-10(3)18(4)16(21)17-14(13)11-7-5-6-8-12(11)19(22)23/h5-9,14H,1-4H3,(H,17,21)/t14-/m1/s1. The van der Waals surface area contributed by atoms with Crippen molar-refractivity contribution in [1.82, 2.24) is 10.2 Å². The molecule has 1 heterocycles. The van der Waals surface area contributed by atoms with Gasteiger partial charge in [0, 0.05) is 18.8 Å². The van der Waals surface area contributed by atoms with Crippen molar-refractivity contribution >= 4 is 17.7 Å². The highest BCUT2D eigenvalue weighted by Gasteiger charge is 2.38. The van der Waals surface area contributed by atoms with Gasteiger partial charge in [-0.3, -0.25) is 10.1 Å². The fraction of sp³-hybridized carbons (Fsp3) is 0.375. The van der Waals surface area contributed by atoms with E-state index in [-0.39, 0.29) is 22.9 Å². The Balaban J connectivity index is 2.60. The van der Waals surface area contributed by atoms with Crippen molar-refractivity contribution in [3.63, 3.8) is 0 Å². The highest BCUT2D eigenvalue weighted by molar-refractivity contribution is 5.95. The van der Waals surface area contributed by atoms with Crippen LogP contribution in [-0.2, 0) is 9.53 Å². The summed E-state index contributed by atoms with van der Waals surface area (Å²) in [4.78, 5) is 36.7. The van der Waals surface area contributed by atoms with Crippen molar-refractivity contribution in [3.05, 3.63) is 51.2 Å². The van der Waals surface area contributed by atoms with Crippen LogP contribution in [0.3, 0.4) is 0 Å². The van der Waals surface area contributed by atoms with Gasteiger partial charge in [0.1, 0.15) is 0 Å². The van der Waals surface area contributed by atoms with Gasteiger partial charge in [0.2, 0.25) is 0 Å². The molecule has 128 valence electrons. The van der Waals surface area contributed by atoms with Crippen LogP contribution in [0.2, 0.25) is 0 Å². The van der Waals surface area contributed by atoms with E-state index in [1.54, 1.807) is 26.8 Å². The van der Waals surface area contributed by atoms with Crippen LogP contribution in [0.15, 0.2) is 35.5 Å². The summed E-state index contributed by atoms with van der Waals surface area (Å²) in [6, 6.07) is 4.61. The number of nitrogens with one attached hydrogen (secondary N) is 1. The van der Waals surface area contributed by atoms with Gasteiger partial charge in [0.25, 0.3) is 5.69 Å². The zero-order chi connectivity index (χ0) is 18.0. The quantitative estimate of drug-likeness (QED) is 0.518. The van der Waals surface area contributed by atoms with Crippen LogP contribution in [0.1, 0.15) is 32.4 Å². The first-order valence-electron chi connectivity index (χ1n) is 7.43. The monoisotopic (exact) mass is 333 g/mol. The van der Waals surface area contributed by atoms with Gasteiger partial charge in [-0.1, -0.05) is 12.1 Å². The van der Waals surface area contributed by atoms with E-state index < -0.39 is 23.0 Å². The number of carbonyl (C=O) groups is 2. The van der Waals surface area contributed by atoms with E-state index in [2.05, 4.69) is 5.32 Å². The number of nitro benzene ring substituents is 1. The molecule has 0 saturated heterocycles. The maximum absolute atomic E-state index is 12.5. The third kappa shape index (κ3) is 3.22. The number of nitro groups is 1. The lowest BCUT2D eigenvalue weighted by Crippen LogP contribution is -2.46. The molecule has 1 N–H and O–H groups in total. The molecule has 8 nitrogen and oxygen atoms in total. The zero-order valence-corrected chi connectivity index (χ0v) is 13.9. The van der Waals surface area contributed by atoms with E-state index >= 15 is 0 Å². The van der Waals surface area contributed by atoms with Crippen molar-refractivity contribution < 1.29 is 19.2 Å². The molecule has 2 amide bonds. The Labute approximate surface area is 139 Å². The van der Waals surface area contributed by atoms with Crippen molar-refractivity contribution in [2.24, 2.45) is 0 Å². The minimum Gasteiger partial charge on any atom is -0.459 e. The number of rotatable bonds is 4. The van der Waals surface area contributed by atoms with Crippen LogP contribution < -0.4 is 5.32 Å². The van der Waals surface area contributed by atoms with E-state index in [0.29, 0.717) is 5.70 Å². The van der Waals surface area contributed by atoms with E-state index in [1.807, 2.05) is 0 Å². The normalized spacial score (nSPS) is 17.8. The van der Waals surface area contributed by atoms with Crippen LogP contribution in [0.4, 0.5) is 10.5 Å². The predicted molar refractivity (Wildman–Crippen MR) is 86.1 cm³/mol. The molecule has 1 aromatic carbocycles. The second kappa shape index (κ2) is 6.69. The number of esters is 1. The molecule has 0 radical (unpaired) electrons. The van der Waals surface area contributed by atoms with E-state index in [0.717, 1.165) is 0 Å². The molecule has 1 atom stereocenters. The number of urea groups is 1. The SMILES string of the molecule is CC1=C(C(=O)OC(C)C)[C@@H](c2ccccc2[N+](=O)[O-])NC(=O)N1C. The summed E-state index contributed by atoms with van der Waals surface area (Å²) in [5.74, 6) is -0.613. The molecule has 1 aliphatic heterocycles. The summed E-state index contributed by atoms with van der Waals surface area (Å²) < 4.78 is 5.25. The molecule has 0 bridgehead atoms. The largest absolute Gasteiger partial charge is 0.459 e. The molecule has 2 rings (SSSR count). The first kappa shape index (κ1) is 17.5. The fourth-order valence-electron chi connectivity index (χ4n) is 2.51. The van der Waals surface area contributed by atoms with Gasteiger partial charge < -0.3 is 15.0 Å². The lowest BCUT2D eigenvalue weighted by atomic mass is 9.94. The molecular formula is C16H19N3O5. The first-order valence-corrected chi connectivity index (χ1v) is 7.43. The van der Waals surface area contributed by atoms with Crippen molar-refractivity contribution in [2.45, 2.75) is 32.9 Å². The van der Waals surface area contributed by atoms with Crippen LogP contribution in [0.25, 0.3) is 0 Å². The Kier molecular flexibility index (Phi) is 4.87. The molecule has 0 aromatic heterocycles. The summed E-state index contributed by atoms with van der Waals surface area (Å²) in [6.45, 7) is 5.02.